The molecule has 1 nitrogen and oxygen atoms in total. The Morgan fingerprint density at radius 1 is 0.636 bits per heavy atom. The molecule has 106 valence electrons. The molecule has 0 N–H and O–H groups in total. The van der Waals surface area contributed by atoms with Crippen molar-refractivity contribution in [1.29, 1.82) is 0 Å². The van der Waals surface area contributed by atoms with E-state index in [0.29, 0.717) is 0 Å². The number of fused-ring (bicyclic) bond motifs is 1. The second-order valence-electron chi connectivity index (χ2n) is 5.55. The summed E-state index contributed by atoms with van der Waals surface area (Å²) in [4.78, 5) is 0. The molecule has 0 spiro atoms. The summed E-state index contributed by atoms with van der Waals surface area (Å²) < 4.78 is 2.28. The molecule has 0 fully saturated rings. The first-order valence-corrected chi connectivity index (χ1v) is 7.56. The Morgan fingerprint density at radius 3 is 1.86 bits per heavy atom. The summed E-state index contributed by atoms with van der Waals surface area (Å²) in [5.74, 6) is 0. The first-order chi connectivity index (χ1) is 10.8. The molecule has 0 aliphatic carbocycles. The molecule has 0 unspecified atom stereocenters. The number of benzene rings is 2. The third-order valence-corrected chi connectivity index (χ3v) is 4.23. The molecule has 0 aliphatic heterocycles. The zero-order valence-corrected chi connectivity index (χ0v) is 12.5. The summed E-state index contributed by atoms with van der Waals surface area (Å²) in [6.07, 6.45) is 2.14. The van der Waals surface area contributed by atoms with E-state index in [9.17, 15) is 0 Å². The molecule has 0 aliphatic rings. The van der Waals surface area contributed by atoms with Gasteiger partial charge in [-0.3, -0.25) is 0 Å². The van der Waals surface area contributed by atoms with E-state index in [-0.39, 0.29) is 0 Å². The van der Waals surface area contributed by atoms with Gasteiger partial charge in [0, 0.05) is 23.0 Å². The highest BCUT2D eigenvalue weighted by molar-refractivity contribution is 5.86. The smallest absolute Gasteiger partial charge is 0.0531 e. The average Bonchev–Trinajstić information content (AvgIpc) is 3.07. The topological polar surface area (TPSA) is 4.41 Å². The lowest BCUT2D eigenvalue weighted by Gasteiger charge is -2.14. The van der Waals surface area contributed by atoms with E-state index in [0.717, 1.165) is 0 Å². The highest BCUT2D eigenvalue weighted by Crippen LogP contribution is 2.33. The molecule has 2 aromatic carbocycles. The fourth-order valence-corrected chi connectivity index (χ4v) is 3.10. The number of hydrogen-bond donors (Lipinski definition) is 0. The van der Waals surface area contributed by atoms with Gasteiger partial charge in [0.25, 0.3) is 0 Å². The van der Waals surface area contributed by atoms with E-state index in [1.807, 2.05) is 0 Å². The Balaban J connectivity index is 2.05. The van der Waals surface area contributed by atoms with Crippen LogP contribution in [0.1, 0.15) is 5.69 Å². The zero-order chi connectivity index (χ0) is 14.9. The largest absolute Gasteiger partial charge is 0.320 e. The maximum absolute atomic E-state index is 2.31. The molecular weight excluding hydrogens is 266 g/mol. The number of hydrogen-bond acceptors (Lipinski definition) is 0. The van der Waals surface area contributed by atoms with Crippen molar-refractivity contribution in [2.45, 2.75) is 6.92 Å². The fraction of sp³-hybridized carbons (Fsp3) is 0.0476. The molecule has 2 heterocycles. The number of aryl methyl sites for hydroxylation is 1. The van der Waals surface area contributed by atoms with Crippen molar-refractivity contribution in [3.8, 4) is 22.3 Å². The first-order valence-electron chi connectivity index (χ1n) is 7.56. The van der Waals surface area contributed by atoms with Crippen molar-refractivity contribution in [3.63, 3.8) is 0 Å². The van der Waals surface area contributed by atoms with Crippen LogP contribution in [-0.4, -0.2) is 4.40 Å². The minimum atomic E-state index is 1.25. The SMILES string of the molecule is Cc1c(-c2ccccc2)cc(-c2ccccc2)c2cccn12. The van der Waals surface area contributed by atoms with Crippen molar-refractivity contribution < 1.29 is 0 Å². The van der Waals surface area contributed by atoms with Gasteiger partial charge in [0.15, 0.2) is 0 Å². The second kappa shape index (κ2) is 5.19. The predicted octanol–water partition coefficient (Wildman–Crippen LogP) is 5.58. The monoisotopic (exact) mass is 283 g/mol. The fourth-order valence-electron chi connectivity index (χ4n) is 3.10. The highest BCUT2D eigenvalue weighted by atomic mass is 14.9. The van der Waals surface area contributed by atoms with Gasteiger partial charge in [-0.1, -0.05) is 60.7 Å². The van der Waals surface area contributed by atoms with Crippen LogP contribution in [0.15, 0.2) is 85.1 Å². The van der Waals surface area contributed by atoms with E-state index in [1.165, 1.54) is 33.5 Å². The Bertz CT molecular complexity index is 918. The predicted molar refractivity (Wildman–Crippen MR) is 93.0 cm³/mol. The van der Waals surface area contributed by atoms with Crippen LogP contribution < -0.4 is 0 Å². The van der Waals surface area contributed by atoms with E-state index < -0.39 is 0 Å². The molecule has 22 heavy (non-hydrogen) atoms. The second-order valence-corrected chi connectivity index (χ2v) is 5.55. The van der Waals surface area contributed by atoms with Crippen molar-refractivity contribution in [3.05, 3.63) is 90.8 Å². The quantitative estimate of drug-likeness (QED) is 0.452. The van der Waals surface area contributed by atoms with Gasteiger partial charge >= 0.3 is 0 Å². The molecule has 4 aromatic rings. The lowest BCUT2D eigenvalue weighted by Crippen LogP contribution is -1.96. The van der Waals surface area contributed by atoms with Gasteiger partial charge in [0.05, 0.1) is 5.52 Å². The summed E-state index contributed by atoms with van der Waals surface area (Å²) in [6.45, 7) is 2.18. The van der Waals surface area contributed by atoms with Crippen molar-refractivity contribution >= 4 is 5.52 Å². The standard InChI is InChI=1S/C21H17N/c1-16-19(17-9-4-2-5-10-17)15-20(18-11-6-3-7-12-18)21-13-8-14-22(16)21/h2-15H,1H3. The van der Waals surface area contributed by atoms with Crippen LogP contribution >= 0.6 is 0 Å². The van der Waals surface area contributed by atoms with Gasteiger partial charge in [-0.05, 0) is 36.2 Å². The van der Waals surface area contributed by atoms with Gasteiger partial charge in [-0.15, -0.1) is 0 Å². The van der Waals surface area contributed by atoms with E-state index in [2.05, 4.69) is 96.4 Å². The van der Waals surface area contributed by atoms with Gasteiger partial charge in [-0.25, -0.2) is 0 Å². The van der Waals surface area contributed by atoms with Crippen LogP contribution in [0.5, 0.6) is 0 Å². The Labute approximate surface area is 130 Å². The van der Waals surface area contributed by atoms with Crippen molar-refractivity contribution in [2.75, 3.05) is 0 Å². The first kappa shape index (κ1) is 12.9. The summed E-state index contributed by atoms with van der Waals surface area (Å²) in [6, 6.07) is 27.8. The van der Waals surface area contributed by atoms with Gasteiger partial charge in [0.1, 0.15) is 0 Å². The van der Waals surface area contributed by atoms with Crippen LogP contribution in [0.4, 0.5) is 0 Å². The molecule has 1 heteroatoms. The lowest BCUT2D eigenvalue weighted by atomic mass is 9.98. The van der Waals surface area contributed by atoms with Crippen LogP contribution in [-0.2, 0) is 0 Å². The molecule has 0 bridgehead atoms. The molecule has 0 amide bonds. The molecule has 4 rings (SSSR count). The molecule has 0 saturated carbocycles. The van der Waals surface area contributed by atoms with Crippen LogP contribution in [0.3, 0.4) is 0 Å². The molecule has 2 aromatic heterocycles. The van der Waals surface area contributed by atoms with E-state index in [4.69, 9.17) is 0 Å². The highest BCUT2D eigenvalue weighted by Gasteiger charge is 2.11. The van der Waals surface area contributed by atoms with Crippen LogP contribution in [0.2, 0.25) is 0 Å². The number of nitrogens with zero attached hydrogens (tertiary/aromatic N) is 1. The molecule has 0 radical (unpaired) electrons. The van der Waals surface area contributed by atoms with Gasteiger partial charge in [0.2, 0.25) is 0 Å². The number of aromatic nitrogens is 1. The molecular formula is C21H17N. The minimum Gasteiger partial charge on any atom is -0.320 e. The van der Waals surface area contributed by atoms with Crippen molar-refractivity contribution in [1.82, 2.24) is 4.40 Å². The van der Waals surface area contributed by atoms with E-state index >= 15 is 0 Å². The number of rotatable bonds is 2. The maximum atomic E-state index is 2.31. The summed E-state index contributed by atoms with van der Waals surface area (Å²) in [5.41, 5.74) is 7.59. The Hall–Kier alpha value is -2.80. The van der Waals surface area contributed by atoms with Crippen LogP contribution in [0.25, 0.3) is 27.8 Å². The Kier molecular flexibility index (Phi) is 3.05. The van der Waals surface area contributed by atoms with Gasteiger partial charge in [-0.2, -0.15) is 0 Å². The maximum Gasteiger partial charge on any atom is 0.0531 e. The number of pyridine rings is 1. The normalized spacial score (nSPS) is 11.0. The summed E-state index contributed by atoms with van der Waals surface area (Å²) in [5, 5.41) is 0. The molecule has 0 atom stereocenters. The van der Waals surface area contributed by atoms with Crippen LogP contribution in [0, 0.1) is 6.92 Å². The van der Waals surface area contributed by atoms with Gasteiger partial charge < -0.3 is 4.40 Å². The summed E-state index contributed by atoms with van der Waals surface area (Å²) >= 11 is 0. The Morgan fingerprint density at radius 2 is 1.23 bits per heavy atom. The third kappa shape index (κ3) is 2.03. The minimum absolute atomic E-state index is 1.25. The van der Waals surface area contributed by atoms with Crippen molar-refractivity contribution in [2.24, 2.45) is 0 Å². The third-order valence-electron chi connectivity index (χ3n) is 4.23. The summed E-state index contributed by atoms with van der Waals surface area (Å²) in [7, 11) is 0. The molecule has 0 saturated heterocycles. The average molecular weight is 283 g/mol. The van der Waals surface area contributed by atoms with E-state index in [1.54, 1.807) is 0 Å². The zero-order valence-electron chi connectivity index (χ0n) is 12.5. The lowest BCUT2D eigenvalue weighted by molar-refractivity contribution is 1.11.